The van der Waals surface area contributed by atoms with E-state index in [1.807, 2.05) is 30.3 Å². The summed E-state index contributed by atoms with van der Waals surface area (Å²) in [5.74, 6) is 0. The van der Waals surface area contributed by atoms with E-state index in [0.29, 0.717) is 12.1 Å². The minimum atomic E-state index is -1.11. The third kappa shape index (κ3) is 1.69. The van der Waals surface area contributed by atoms with Gasteiger partial charge < -0.3 is 0 Å². The highest BCUT2D eigenvalue weighted by atomic mass is 14.8. The fraction of sp³-hybridized carbons (Fsp3) is 0.167. The van der Waals surface area contributed by atoms with Crippen LogP contribution in [-0.2, 0) is 0 Å². The van der Waals surface area contributed by atoms with E-state index in [4.69, 9.17) is 10.5 Å². The largest absolute Gasteiger partial charge is 0.256 e. The molecule has 0 atom stereocenters. The summed E-state index contributed by atoms with van der Waals surface area (Å²) in [4.78, 5) is 8.28. The molecule has 1 aromatic heterocycles. The number of rotatable bonds is 1. The van der Waals surface area contributed by atoms with E-state index >= 15 is 0 Å². The van der Waals surface area contributed by atoms with Crippen molar-refractivity contribution in [3.05, 3.63) is 36.2 Å². The molecule has 0 aliphatic carbocycles. The molecule has 0 saturated heterocycles. The number of pyridine rings is 1. The van der Waals surface area contributed by atoms with Gasteiger partial charge in [0.15, 0.2) is 5.41 Å². The quantitative estimate of drug-likeness (QED) is 0.707. The minimum Gasteiger partial charge on any atom is -0.256 e. The normalized spacial score (nSPS) is 17.0. The molecule has 0 saturated carbocycles. The van der Waals surface area contributed by atoms with Crippen LogP contribution in [0.3, 0.4) is 0 Å². The lowest BCUT2D eigenvalue weighted by atomic mass is 9.87. The first-order valence-electron chi connectivity index (χ1n) is 4.79. The Morgan fingerprint density at radius 3 is 2.56 bits per heavy atom. The van der Waals surface area contributed by atoms with Gasteiger partial charge in [-0.15, -0.1) is 0 Å². The molecule has 4 heteroatoms. The Bertz CT molecular complexity index is 514. The van der Waals surface area contributed by atoms with E-state index in [9.17, 15) is 0 Å². The molecule has 76 valence electrons. The standard InChI is InChI=1S/C12H8N4/c13-7-12(8-14)5-4-11(16-9-12)10-3-1-2-6-15-10/h1-4,6,9H,5H2. The average molecular weight is 208 g/mol. The third-order valence-corrected chi connectivity index (χ3v) is 2.37. The van der Waals surface area contributed by atoms with Gasteiger partial charge in [-0.2, -0.15) is 10.5 Å². The lowest BCUT2D eigenvalue weighted by Gasteiger charge is -2.15. The highest BCUT2D eigenvalue weighted by Crippen LogP contribution is 2.27. The van der Waals surface area contributed by atoms with E-state index in [-0.39, 0.29) is 0 Å². The molecule has 1 aromatic rings. The van der Waals surface area contributed by atoms with Crippen LogP contribution in [0, 0.1) is 28.1 Å². The minimum absolute atomic E-state index is 0.357. The first-order chi connectivity index (χ1) is 7.79. The van der Waals surface area contributed by atoms with Gasteiger partial charge in [0.05, 0.1) is 23.5 Å². The second kappa shape index (κ2) is 3.96. The van der Waals surface area contributed by atoms with Crippen LogP contribution in [-0.4, -0.2) is 11.2 Å². The molecule has 0 amide bonds. The number of hydrogen-bond donors (Lipinski definition) is 0. The summed E-state index contributed by atoms with van der Waals surface area (Å²) in [6.45, 7) is 0. The van der Waals surface area contributed by atoms with Crippen molar-refractivity contribution in [3.63, 3.8) is 0 Å². The van der Waals surface area contributed by atoms with Crippen molar-refractivity contribution in [3.8, 4) is 12.1 Å². The summed E-state index contributed by atoms with van der Waals surface area (Å²) >= 11 is 0. The molecule has 16 heavy (non-hydrogen) atoms. The predicted octanol–water partition coefficient (Wildman–Crippen LogP) is 1.93. The van der Waals surface area contributed by atoms with Gasteiger partial charge in [0.1, 0.15) is 0 Å². The maximum Gasteiger partial charge on any atom is 0.182 e. The van der Waals surface area contributed by atoms with Gasteiger partial charge in [-0.3, -0.25) is 9.98 Å². The highest BCUT2D eigenvalue weighted by molar-refractivity contribution is 5.83. The number of aromatic nitrogens is 1. The smallest absolute Gasteiger partial charge is 0.182 e. The molecule has 0 radical (unpaired) electrons. The van der Waals surface area contributed by atoms with Crippen molar-refractivity contribution < 1.29 is 0 Å². The van der Waals surface area contributed by atoms with E-state index in [1.165, 1.54) is 6.21 Å². The number of hydrogen-bond acceptors (Lipinski definition) is 4. The number of nitriles is 2. The van der Waals surface area contributed by atoms with Gasteiger partial charge >= 0.3 is 0 Å². The second-order valence-corrected chi connectivity index (χ2v) is 3.46. The third-order valence-electron chi connectivity index (χ3n) is 2.37. The molecule has 4 nitrogen and oxygen atoms in total. The number of nitrogens with zero attached hydrogens (tertiary/aromatic N) is 4. The molecule has 1 aliphatic heterocycles. The van der Waals surface area contributed by atoms with Gasteiger partial charge in [0.25, 0.3) is 0 Å². The van der Waals surface area contributed by atoms with E-state index in [2.05, 4.69) is 9.98 Å². The van der Waals surface area contributed by atoms with Gasteiger partial charge in [0, 0.05) is 18.8 Å². The van der Waals surface area contributed by atoms with Crippen molar-refractivity contribution >= 4 is 11.9 Å². The molecule has 0 spiro atoms. The summed E-state index contributed by atoms with van der Waals surface area (Å²) in [6, 6.07) is 9.46. The van der Waals surface area contributed by atoms with E-state index in [0.717, 1.165) is 5.69 Å². The Kier molecular flexibility index (Phi) is 2.49. The van der Waals surface area contributed by atoms with Crippen molar-refractivity contribution in [2.45, 2.75) is 6.42 Å². The van der Waals surface area contributed by atoms with Gasteiger partial charge in [-0.1, -0.05) is 12.1 Å². The predicted molar refractivity (Wildman–Crippen MR) is 59.0 cm³/mol. The summed E-state index contributed by atoms with van der Waals surface area (Å²) in [7, 11) is 0. The Labute approximate surface area is 93.2 Å². The molecule has 0 bridgehead atoms. The fourth-order valence-corrected chi connectivity index (χ4v) is 1.40. The van der Waals surface area contributed by atoms with Gasteiger partial charge in [0.2, 0.25) is 0 Å². The van der Waals surface area contributed by atoms with Crippen LogP contribution < -0.4 is 0 Å². The summed E-state index contributed by atoms with van der Waals surface area (Å²) in [5.41, 5.74) is 0.350. The second-order valence-electron chi connectivity index (χ2n) is 3.46. The molecular formula is C12H8N4. The zero-order chi connectivity index (χ0) is 11.4. The van der Waals surface area contributed by atoms with Gasteiger partial charge in [-0.05, 0) is 12.1 Å². The van der Waals surface area contributed by atoms with Crippen LogP contribution in [0.25, 0.3) is 5.70 Å². The monoisotopic (exact) mass is 208 g/mol. The van der Waals surface area contributed by atoms with Crippen molar-refractivity contribution in [1.82, 2.24) is 4.98 Å². The van der Waals surface area contributed by atoms with Crippen LogP contribution in [0.4, 0.5) is 0 Å². The lowest BCUT2D eigenvalue weighted by Crippen LogP contribution is -2.19. The van der Waals surface area contributed by atoms with Crippen LogP contribution in [0.1, 0.15) is 12.1 Å². The highest BCUT2D eigenvalue weighted by Gasteiger charge is 2.29. The van der Waals surface area contributed by atoms with E-state index in [1.54, 1.807) is 12.3 Å². The number of allylic oxidation sites excluding steroid dienone is 1. The van der Waals surface area contributed by atoms with Crippen molar-refractivity contribution in [2.75, 3.05) is 0 Å². The zero-order valence-electron chi connectivity index (χ0n) is 8.46. The number of aliphatic imine (C=N–C) groups is 1. The van der Waals surface area contributed by atoms with E-state index < -0.39 is 5.41 Å². The molecule has 0 fully saturated rings. The molecule has 0 N–H and O–H groups in total. The summed E-state index contributed by atoms with van der Waals surface area (Å²) in [5, 5.41) is 17.8. The average Bonchev–Trinajstić information content (AvgIpc) is 2.40. The molecule has 0 unspecified atom stereocenters. The van der Waals surface area contributed by atoms with Crippen LogP contribution in [0.15, 0.2) is 35.5 Å². The van der Waals surface area contributed by atoms with Gasteiger partial charge in [-0.25, -0.2) is 0 Å². The first kappa shape index (κ1) is 10.1. The maximum absolute atomic E-state index is 8.89. The Hall–Kier alpha value is -2.46. The van der Waals surface area contributed by atoms with Crippen molar-refractivity contribution in [2.24, 2.45) is 10.4 Å². The molecule has 2 heterocycles. The Balaban J connectivity index is 2.28. The first-order valence-corrected chi connectivity index (χ1v) is 4.79. The summed E-state index contributed by atoms with van der Waals surface area (Å²) in [6.07, 6.45) is 5.21. The Morgan fingerprint density at radius 1 is 1.25 bits per heavy atom. The Morgan fingerprint density at radius 2 is 2.06 bits per heavy atom. The summed E-state index contributed by atoms with van der Waals surface area (Å²) < 4.78 is 0. The molecule has 0 aromatic carbocycles. The van der Waals surface area contributed by atoms with Crippen LogP contribution in [0.2, 0.25) is 0 Å². The fourth-order valence-electron chi connectivity index (χ4n) is 1.40. The van der Waals surface area contributed by atoms with Crippen molar-refractivity contribution in [1.29, 1.82) is 10.5 Å². The van der Waals surface area contributed by atoms with Crippen LogP contribution in [0.5, 0.6) is 0 Å². The molecule has 1 aliphatic rings. The molecule has 2 rings (SSSR count). The SMILES string of the molecule is N#CC1(C#N)C=NC(c2ccccn2)=CC1. The topological polar surface area (TPSA) is 72.8 Å². The maximum atomic E-state index is 8.89. The van der Waals surface area contributed by atoms with Crippen LogP contribution >= 0.6 is 0 Å². The molecular weight excluding hydrogens is 200 g/mol. The lowest BCUT2D eigenvalue weighted by molar-refractivity contribution is 0.731. The zero-order valence-corrected chi connectivity index (χ0v) is 8.46.